The molecule has 4 rings (SSSR count). The molecule has 24 heavy (non-hydrogen) atoms. The van der Waals surface area contributed by atoms with Gasteiger partial charge in [0.1, 0.15) is 5.60 Å². The minimum Gasteiger partial charge on any atom is -0.379 e. The third-order valence-electron chi connectivity index (χ3n) is 6.01. The molecule has 0 bridgehead atoms. The molecule has 1 saturated heterocycles. The Morgan fingerprint density at radius 3 is 1.83 bits per heavy atom. The monoisotopic (exact) mass is 321 g/mol. The maximum atomic E-state index is 11.9. The first kappa shape index (κ1) is 15.9. The standard InChI is InChI=1S/C22H27NO/c1-17-21(23(17)20-15-9-4-10-16-20)22(24,18-11-5-2-6-12-18)19-13-7-3-8-14-19/h2-3,5-8,11-14,17,20-21,24H,4,9-10,15-16H2,1H3. The second kappa shape index (κ2) is 6.34. The Morgan fingerprint density at radius 2 is 1.33 bits per heavy atom. The molecule has 2 aromatic carbocycles. The summed E-state index contributed by atoms with van der Waals surface area (Å²) in [4.78, 5) is 2.57. The van der Waals surface area contributed by atoms with Crippen molar-refractivity contribution < 1.29 is 5.11 Å². The molecule has 1 heterocycles. The SMILES string of the molecule is CC1C(C(O)(c2ccccc2)c2ccccc2)N1C1CCCCC1. The molecule has 1 aliphatic carbocycles. The molecule has 0 spiro atoms. The van der Waals surface area contributed by atoms with Gasteiger partial charge in [0, 0.05) is 12.1 Å². The van der Waals surface area contributed by atoms with Crippen molar-refractivity contribution in [2.75, 3.05) is 0 Å². The first-order chi connectivity index (χ1) is 11.7. The van der Waals surface area contributed by atoms with Crippen LogP contribution < -0.4 is 0 Å². The summed E-state index contributed by atoms with van der Waals surface area (Å²) < 4.78 is 0. The van der Waals surface area contributed by atoms with Crippen LogP contribution in [0.25, 0.3) is 0 Å². The molecular formula is C22H27NO. The van der Waals surface area contributed by atoms with Crippen LogP contribution in [0.4, 0.5) is 0 Å². The Kier molecular flexibility index (Phi) is 4.19. The maximum absolute atomic E-state index is 11.9. The predicted octanol–water partition coefficient (Wildman–Crippen LogP) is 4.33. The van der Waals surface area contributed by atoms with Crippen molar-refractivity contribution in [2.24, 2.45) is 0 Å². The van der Waals surface area contributed by atoms with Gasteiger partial charge in [-0.25, -0.2) is 0 Å². The lowest BCUT2D eigenvalue weighted by molar-refractivity contribution is 0.0563. The first-order valence-electron chi connectivity index (χ1n) is 9.34. The van der Waals surface area contributed by atoms with Crippen LogP contribution in [-0.4, -0.2) is 28.1 Å². The van der Waals surface area contributed by atoms with Gasteiger partial charge in [-0.1, -0.05) is 79.9 Å². The van der Waals surface area contributed by atoms with Crippen LogP contribution >= 0.6 is 0 Å². The van der Waals surface area contributed by atoms with Gasteiger partial charge in [-0.05, 0) is 30.9 Å². The lowest BCUT2D eigenvalue weighted by Crippen LogP contribution is -2.38. The maximum Gasteiger partial charge on any atom is 0.132 e. The molecule has 126 valence electrons. The van der Waals surface area contributed by atoms with Crippen molar-refractivity contribution in [1.82, 2.24) is 4.90 Å². The third-order valence-corrected chi connectivity index (χ3v) is 6.01. The lowest BCUT2D eigenvalue weighted by atomic mass is 9.82. The smallest absolute Gasteiger partial charge is 0.132 e. The average molecular weight is 321 g/mol. The van der Waals surface area contributed by atoms with E-state index in [9.17, 15) is 5.11 Å². The van der Waals surface area contributed by atoms with Gasteiger partial charge in [-0.3, -0.25) is 4.90 Å². The second-order valence-electron chi connectivity index (χ2n) is 7.42. The predicted molar refractivity (Wildman–Crippen MR) is 97.8 cm³/mol. The summed E-state index contributed by atoms with van der Waals surface area (Å²) in [5.41, 5.74) is 1.08. The van der Waals surface area contributed by atoms with E-state index in [1.807, 2.05) is 36.4 Å². The number of nitrogens with zero attached hydrogens (tertiary/aromatic N) is 1. The van der Waals surface area contributed by atoms with Crippen molar-refractivity contribution in [2.45, 2.75) is 62.8 Å². The topological polar surface area (TPSA) is 23.2 Å². The van der Waals surface area contributed by atoms with Crippen molar-refractivity contribution in [3.63, 3.8) is 0 Å². The summed E-state index contributed by atoms with van der Waals surface area (Å²) in [7, 11) is 0. The van der Waals surface area contributed by atoms with E-state index in [1.165, 1.54) is 32.1 Å². The highest BCUT2D eigenvalue weighted by molar-refractivity contribution is 5.41. The van der Waals surface area contributed by atoms with Crippen LogP contribution in [0, 0.1) is 0 Å². The van der Waals surface area contributed by atoms with E-state index in [0.717, 1.165) is 11.1 Å². The lowest BCUT2D eigenvalue weighted by Gasteiger charge is -2.32. The molecule has 1 aliphatic heterocycles. The third kappa shape index (κ3) is 2.58. The number of hydrogen-bond donors (Lipinski definition) is 1. The zero-order chi connectivity index (χ0) is 16.6. The van der Waals surface area contributed by atoms with E-state index in [1.54, 1.807) is 0 Å². The molecule has 1 saturated carbocycles. The summed E-state index contributed by atoms with van der Waals surface area (Å²) in [6, 6.07) is 21.7. The van der Waals surface area contributed by atoms with Gasteiger partial charge in [-0.15, -0.1) is 0 Å². The van der Waals surface area contributed by atoms with Gasteiger partial charge in [0.2, 0.25) is 0 Å². The molecule has 1 N–H and O–H groups in total. The van der Waals surface area contributed by atoms with Crippen LogP contribution in [0.3, 0.4) is 0 Å². The molecule has 0 aromatic heterocycles. The molecule has 0 amide bonds. The summed E-state index contributed by atoms with van der Waals surface area (Å²) in [6.07, 6.45) is 6.58. The Labute approximate surface area is 145 Å². The molecule has 2 heteroatoms. The Morgan fingerprint density at radius 1 is 0.833 bits per heavy atom. The number of hydrogen-bond acceptors (Lipinski definition) is 2. The fraction of sp³-hybridized carbons (Fsp3) is 0.455. The van der Waals surface area contributed by atoms with Crippen molar-refractivity contribution in [1.29, 1.82) is 0 Å². The van der Waals surface area contributed by atoms with Crippen molar-refractivity contribution in [3.05, 3.63) is 71.8 Å². The normalized spacial score (nSPS) is 27.8. The molecule has 3 atom stereocenters. The van der Waals surface area contributed by atoms with E-state index in [0.29, 0.717) is 12.1 Å². The van der Waals surface area contributed by atoms with Crippen LogP contribution in [0.15, 0.2) is 60.7 Å². The van der Waals surface area contributed by atoms with Crippen LogP contribution in [0.5, 0.6) is 0 Å². The zero-order valence-corrected chi connectivity index (χ0v) is 14.4. The Hall–Kier alpha value is -1.64. The average Bonchev–Trinajstić information content (AvgIpc) is 3.35. The molecule has 2 nitrogen and oxygen atoms in total. The fourth-order valence-corrected chi connectivity index (χ4v) is 4.77. The summed E-state index contributed by atoms with van der Waals surface area (Å²) >= 11 is 0. The first-order valence-corrected chi connectivity index (χ1v) is 9.34. The summed E-state index contributed by atoms with van der Waals surface area (Å²) in [5.74, 6) is 0. The van der Waals surface area contributed by atoms with Crippen LogP contribution in [-0.2, 0) is 5.60 Å². The molecule has 2 aromatic rings. The fourth-order valence-electron chi connectivity index (χ4n) is 4.77. The van der Waals surface area contributed by atoms with Crippen LogP contribution in [0.1, 0.15) is 50.2 Å². The second-order valence-corrected chi connectivity index (χ2v) is 7.42. The van der Waals surface area contributed by atoms with E-state index in [2.05, 4.69) is 36.1 Å². The highest BCUT2D eigenvalue weighted by Gasteiger charge is 2.60. The van der Waals surface area contributed by atoms with E-state index >= 15 is 0 Å². The minimum atomic E-state index is -0.931. The van der Waals surface area contributed by atoms with Gasteiger partial charge in [0.25, 0.3) is 0 Å². The van der Waals surface area contributed by atoms with Crippen molar-refractivity contribution in [3.8, 4) is 0 Å². The Bertz CT molecular complexity index is 623. The molecule has 3 unspecified atom stereocenters. The summed E-state index contributed by atoms with van der Waals surface area (Å²) in [5, 5.41) is 11.9. The zero-order valence-electron chi connectivity index (χ0n) is 14.4. The largest absolute Gasteiger partial charge is 0.379 e. The van der Waals surface area contributed by atoms with E-state index in [-0.39, 0.29) is 6.04 Å². The number of rotatable bonds is 4. The van der Waals surface area contributed by atoms with E-state index < -0.39 is 5.60 Å². The molecule has 0 radical (unpaired) electrons. The van der Waals surface area contributed by atoms with E-state index in [4.69, 9.17) is 0 Å². The molecule has 2 aliphatic rings. The molecule has 2 fully saturated rings. The van der Waals surface area contributed by atoms with Gasteiger partial charge < -0.3 is 5.11 Å². The minimum absolute atomic E-state index is 0.172. The molecular weight excluding hydrogens is 294 g/mol. The Balaban J connectivity index is 1.72. The number of benzene rings is 2. The quantitative estimate of drug-likeness (QED) is 0.847. The van der Waals surface area contributed by atoms with Gasteiger partial charge >= 0.3 is 0 Å². The van der Waals surface area contributed by atoms with Gasteiger partial charge in [0.05, 0.1) is 6.04 Å². The van der Waals surface area contributed by atoms with Gasteiger partial charge in [-0.2, -0.15) is 0 Å². The summed E-state index contributed by atoms with van der Waals surface area (Å²) in [6.45, 7) is 2.27. The highest BCUT2D eigenvalue weighted by Crippen LogP contribution is 2.49. The van der Waals surface area contributed by atoms with Crippen LogP contribution in [0.2, 0.25) is 0 Å². The number of aliphatic hydroxyl groups is 1. The van der Waals surface area contributed by atoms with Crippen molar-refractivity contribution >= 4 is 0 Å². The van der Waals surface area contributed by atoms with Gasteiger partial charge in [0.15, 0.2) is 0 Å². The highest BCUT2D eigenvalue weighted by atomic mass is 16.3.